The molecule has 34 heavy (non-hydrogen) atoms. The quantitative estimate of drug-likeness (QED) is 0.154. The Morgan fingerprint density at radius 1 is 0.441 bits per heavy atom. The molecule has 16 nitrogen and oxygen atoms in total. The van der Waals surface area contributed by atoms with Crippen LogP contribution < -0.4 is 0 Å². The molecule has 15 atom stereocenters. The van der Waals surface area contributed by atoms with Gasteiger partial charge in [0, 0.05) is 0 Å². The van der Waals surface area contributed by atoms with Gasteiger partial charge >= 0.3 is 0 Å². The summed E-state index contributed by atoms with van der Waals surface area (Å²) in [6.07, 6.45) is -25.1. The highest BCUT2D eigenvalue weighted by Gasteiger charge is 2.53. The van der Waals surface area contributed by atoms with Crippen molar-refractivity contribution < 1.29 is 79.9 Å². The van der Waals surface area contributed by atoms with Gasteiger partial charge in [0.1, 0.15) is 73.2 Å². The number of hydrogen-bond donors (Lipinski definition) is 11. The Kier molecular flexibility index (Phi) is 9.54. The average Bonchev–Trinajstić information content (AvgIpc) is 2.83. The molecular weight excluding hydrogens is 472 g/mol. The highest BCUT2D eigenvalue weighted by molar-refractivity contribution is 4.96. The van der Waals surface area contributed by atoms with Gasteiger partial charge in [-0.2, -0.15) is 0 Å². The van der Waals surface area contributed by atoms with E-state index >= 15 is 0 Å². The molecule has 0 aromatic rings. The lowest BCUT2D eigenvalue weighted by Gasteiger charge is -2.47. The molecule has 3 aliphatic rings. The first-order valence-corrected chi connectivity index (χ1v) is 10.6. The third-order valence-corrected chi connectivity index (χ3v) is 6.09. The van der Waals surface area contributed by atoms with E-state index in [-0.39, 0.29) is 0 Å². The molecule has 0 aliphatic carbocycles. The summed E-state index contributed by atoms with van der Waals surface area (Å²) in [6.45, 7) is -2.32. The van der Waals surface area contributed by atoms with Gasteiger partial charge in [0.05, 0.1) is 19.8 Å². The van der Waals surface area contributed by atoms with Crippen LogP contribution in [0.25, 0.3) is 0 Å². The van der Waals surface area contributed by atoms with E-state index in [0.29, 0.717) is 0 Å². The Morgan fingerprint density at radius 3 is 1.35 bits per heavy atom. The Hall–Kier alpha value is -0.640. The zero-order valence-corrected chi connectivity index (χ0v) is 17.7. The van der Waals surface area contributed by atoms with Crippen LogP contribution in [0.5, 0.6) is 0 Å². The first kappa shape index (κ1) is 27.9. The Labute approximate surface area is 192 Å². The van der Waals surface area contributed by atoms with Gasteiger partial charge in [0.25, 0.3) is 0 Å². The third-order valence-electron chi connectivity index (χ3n) is 6.09. The maximum atomic E-state index is 10.6. The molecule has 200 valence electrons. The van der Waals surface area contributed by atoms with Crippen molar-refractivity contribution in [3.63, 3.8) is 0 Å². The summed E-state index contributed by atoms with van der Waals surface area (Å²) in [4.78, 5) is 0. The predicted molar refractivity (Wildman–Crippen MR) is 101 cm³/mol. The van der Waals surface area contributed by atoms with Crippen molar-refractivity contribution in [3.05, 3.63) is 0 Å². The summed E-state index contributed by atoms with van der Waals surface area (Å²) in [5.41, 5.74) is 0. The van der Waals surface area contributed by atoms with E-state index in [1.165, 1.54) is 0 Å². The molecule has 3 saturated heterocycles. The van der Waals surface area contributed by atoms with Crippen LogP contribution in [-0.2, 0) is 23.7 Å². The second-order valence-corrected chi connectivity index (χ2v) is 8.33. The first-order chi connectivity index (χ1) is 16.0. The van der Waals surface area contributed by atoms with E-state index in [1.54, 1.807) is 0 Å². The largest absolute Gasteiger partial charge is 0.394 e. The summed E-state index contributed by atoms with van der Waals surface area (Å²) in [5, 5.41) is 109. The smallest absolute Gasteiger partial charge is 0.187 e. The lowest BCUT2D eigenvalue weighted by atomic mass is 9.96. The minimum Gasteiger partial charge on any atom is -0.394 e. The maximum Gasteiger partial charge on any atom is 0.187 e. The molecule has 0 aromatic heterocycles. The molecule has 16 heteroatoms. The van der Waals surface area contributed by atoms with Crippen LogP contribution in [0.4, 0.5) is 0 Å². The molecule has 0 amide bonds. The van der Waals surface area contributed by atoms with E-state index in [9.17, 15) is 56.2 Å². The minimum absolute atomic E-state index is 0.741. The highest BCUT2D eigenvalue weighted by atomic mass is 16.8. The summed E-state index contributed by atoms with van der Waals surface area (Å²) < 4.78 is 26.4. The Balaban J connectivity index is 1.72. The van der Waals surface area contributed by atoms with Crippen LogP contribution >= 0.6 is 0 Å². The lowest BCUT2D eigenvalue weighted by molar-refractivity contribution is -0.377. The molecule has 0 spiro atoms. The van der Waals surface area contributed by atoms with Crippen molar-refractivity contribution in [1.82, 2.24) is 0 Å². The zero-order valence-electron chi connectivity index (χ0n) is 17.7. The normalized spacial score (nSPS) is 52.5. The van der Waals surface area contributed by atoms with E-state index in [4.69, 9.17) is 23.7 Å². The van der Waals surface area contributed by atoms with Gasteiger partial charge in [0.15, 0.2) is 18.9 Å². The molecule has 0 aromatic carbocycles. The summed E-state index contributed by atoms with van der Waals surface area (Å²) in [7, 11) is 0. The zero-order chi connectivity index (χ0) is 25.3. The van der Waals surface area contributed by atoms with Gasteiger partial charge in [-0.1, -0.05) is 0 Å². The second kappa shape index (κ2) is 11.6. The number of hydrogen-bond acceptors (Lipinski definition) is 16. The summed E-state index contributed by atoms with van der Waals surface area (Å²) >= 11 is 0. The van der Waals surface area contributed by atoms with E-state index in [1.807, 2.05) is 0 Å². The van der Waals surface area contributed by atoms with Crippen molar-refractivity contribution in [3.8, 4) is 0 Å². The van der Waals surface area contributed by atoms with Crippen molar-refractivity contribution >= 4 is 0 Å². The Morgan fingerprint density at radius 2 is 0.853 bits per heavy atom. The van der Waals surface area contributed by atoms with Gasteiger partial charge in [-0.15, -0.1) is 0 Å². The number of ether oxygens (including phenoxy) is 5. The van der Waals surface area contributed by atoms with Gasteiger partial charge < -0.3 is 79.9 Å². The van der Waals surface area contributed by atoms with Crippen LogP contribution in [0.1, 0.15) is 0 Å². The lowest BCUT2D eigenvalue weighted by Crippen LogP contribution is -2.66. The van der Waals surface area contributed by atoms with Crippen molar-refractivity contribution in [2.75, 3.05) is 19.8 Å². The number of aliphatic hydroxyl groups excluding tert-OH is 11. The maximum absolute atomic E-state index is 10.6. The molecule has 3 fully saturated rings. The molecule has 0 radical (unpaired) electrons. The topological polar surface area (TPSA) is 269 Å². The van der Waals surface area contributed by atoms with E-state index in [2.05, 4.69) is 0 Å². The Bertz CT molecular complexity index is 635. The second-order valence-electron chi connectivity index (χ2n) is 8.33. The fourth-order valence-corrected chi connectivity index (χ4v) is 4.06. The van der Waals surface area contributed by atoms with Gasteiger partial charge in [-0.3, -0.25) is 0 Å². The van der Waals surface area contributed by atoms with Crippen LogP contribution in [0.15, 0.2) is 0 Å². The van der Waals surface area contributed by atoms with E-state index in [0.717, 1.165) is 0 Å². The number of aliphatic hydroxyl groups is 11. The SMILES string of the molecule is OC[C@@H]1O[C@H](O)[C@H](O)[C@H](O)[C@@H]1O[C@@H]1O[C@H](CO)[C@@H](O[C@@H]2O[C@H](CO)[C@@H](O)[C@H](O)[C@H]2O)[C@H](O)[C@H]1O. The van der Waals surface area contributed by atoms with Gasteiger partial charge in [-0.25, -0.2) is 0 Å². The van der Waals surface area contributed by atoms with Gasteiger partial charge in [0.2, 0.25) is 0 Å². The average molecular weight is 504 g/mol. The summed E-state index contributed by atoms with van der Waals surface area (Å²) in [5.74, 6) is 0. The van der Waals surface area contributed by atoms with Gasteiger partial charge in [-0.05, 0) is 0 Å². The molecule has 0 saturated carbocycles. The summed E-state index contributed by atoms with van der Waals surface area (Å²) in [6, 6.07) is 0. The third kappa shape index (κ3) is 5.37. The predicted octanol–water partition coefficient (Wildman–Crippen LogP) is -7.57. The molecule has 3 rings (SSSR count). The monoisotopic (exact) mass is 504 g/mol. The van der Waals surface area contributed by atoms with Crippen molar-refractivity contribution in [1.29, 1.82) is 0 Å². The number of rotatable bonds is 7. The molecule has 3 aliphatic heterocycles. The highest BCUT2D eigenvalue weighted by Crippen LogP contribution is 2.32. The fraction of sp³-hybridized carbons (Fsp3) is 1.00. The van der Waals surface area contributed by atoms with Crippen LogP contribution in [0.2, 0.25) is 0 Å². The molecule has 0 unspecified atom stereocenters. The fourth-order valence-electron chi connectivity index (χ4n) is 4.06. The van der Waals surface area contributed by atoms with E-state index < -0.39 is 112 Å². The molecule has 0 bridgehead atoms. The van der Waals surface area contributed by atoms with Crippen molar-refractivity contribution in [2.45, 2.75) is 92.1 Å². The van der Waals surface area contributed by atoms with Crippen LogP contribution in [0, 0.1) is 0 Å². The van der Waals surface area contributed by atoms with Crippen molar-refractivity contribution in [2.24, 2.45) is 0 Å². The van der Waals surface area contributed by atoms with Crippen LogP contribution in [0.3, 0.4) is 0 Å². The standard InChI is InChI=1S/C18H32O16/c19-1-4-7(22)8(23)12(27)17(31-4)34-15-6(3-21)32-18(13(28)10(15)25)33-14-5(2-20)30-16(29)11(26)9(14)24/h4-29H,1-3H2/t4-,5+,6-,7-,8+,9+,10-,11-,12-,13-,14-,15-,16+,17+,18+/m1/s1. The molecule has 11 N–H and O–H groups in total. The minimum atomic E-state index is -1.91. The first-order valence-electron chi connectivity index (χ1n) is 10.6. The molecule has 3 heterocycles. The molecular formula is C18H32O16. The van der Waals surface area contributed by atoms with Crippen LogP contribution in [-0.4, -0.2) is 168 Å².